The number of nitrogens with two attached hydrogens (primary N) is 1. The van der Waals surface area contributed by atoms with E-state index in [1.54, 1.807) is 4.90 Å². The number of nitrogens with zero attached hydrogens (tertiary/aromatic N) is 3. The lowest BCUT2D eigenvalue weighted by Crippen LogP contribution is -2.37. The molecule has 1 aromatic carbocycles. The maximum atomic E-state index is 12.4. The molecule has 1 aromatic heterocycles. The minimum atomic E-state index is -0.0535. The summed E-state index contributed by atoms with van der Waals surface area (Å²) in [6.07, 6.45) is 2.42. The number of halogens is 1. The molecule has 0 unspecified atom stereocenters. The van der Waals surface area contributed by atoms with Crippen LogP contribution < -0.4 is 11.1 Å². The molecule has 3 N–H and O–H groups in total. The van der Waals surface area contributed by atoms with E-state index in [1.807, 2.05) is 25.1 Å². The number of aryl methyl sites for hydroxylation is 1. The first-order valence-electron chi connectivity index (χ1n) is 8.46. The van der Waals surface area contributed by atoms with Crippen LogP contribution in [0.4, 0.5) is 10.7 Å². The summed E-state index contributed by atoms with van der Waals surface area (Å²) in [6.45, 7) is 3.69. The smallest absolute Gasteiger partial charge is 0.318 e. The summed E-state index contributed by atoms with van der Waals surface area (Å²) in [5, 5.41) is 3.69. The average molecular weight is 358 g/mol. The van der Waals surface area contributed by atoms with E-state index in [0.29, 0.717) is 24.0 Å². The number of fused-ring (bicyclic) bond motifs is 1. The highest BCUT2D eigenvalue weighted by atomic mass is 35.5. The molecule has 2 aromatic rings. The van der Waals surface area contributed by atoms with Crippen LogP contribution >= 0.6 is 11.6 Å². The van der Waals surface area contributed by atoms with E-state index in [9.17, 15) is 4.79 Å². The van der Waals surface area contributed by atoms with Crippen LogP contribution in [0.5, 0.6) is 0 Å². The van der Waals surface area contributed by atoms with Gasteiger partial charge in [0.2, 0.25) is 5.95 Å². The number of urea groups is 1. The van der Waals surface area contributed by atoms with Crippen molar-refractivity contribution in [1.82, 2.24) is 20.2 Å². The van der Waals surface area contributed by atoms with Crippen molar-refractivity contribution in [3.05, 3.63) is 40.0 Å². The van der Waals surface area contributed by atoms with Crippen molar-refractivity contribution in [2.45, 2.75) is 32.9 Å². The zero-order chi connectivity index (χ0) is 17.6. The molecule has 0 radical (unpaired) electrons. The summed E-state index contributed by atoms with van der Waals surface area (Å²) >= 11 is 6.06. The first-order chi connectivity index (χ1) is 12.0. The third kappa shape index (κ3) is 3.26. The van der Waals surface area contributed by atoms with Crippen LogP contribution in [-0.2, 0) is 13.1 Å². The van der Waals surface area contributed by atoms with Gasteiger partial charge in [0.25, 0.3) is 0 Å². The molecule has 2 heterocycles. The number of nitrogens with one attached hydrogen (secondary N) is 1. The van der Waals surface area contributed by atoms with Gasteiger partial charge in [0.15, 0.2) is 0 Å². The topological polar surface area (TPSA) is 84.1 Å². The second-order valence-corrected chi connectivity index (χ2v) is 7.24. The van der Waals surface area contributed by atoms with Gasteiger partial charge in [0.05, 0.1) is 24.5 Å². The van der Waals surface area contributed by atoms with Gasteiger partial charge in [0.1, 0.15) is 0 Å². The summed E-state index contributed by atoms with van der Waals surface area (Å²) in [6, 6.07) is 5.62. The van der Waals surface area contributed by atoms with Crippen molar-refractivity contribution < 1.29 is 4.79 Å². The van der Waals surface area contributed by atoms with Crippen LogP contribution in [0.2, 0.25) is 5.02 Å². The summed E-state index contributed by atoms with van der Waals surface area (Å²) in [5.41, 5.74) is 10.5. The molecule has 2 amide bonds. The summed E-state index contributed by atoms with van der Waals surface area (Å²) in [4.78, 5) is 23.0. The zero-order valence-corrected chi connectivity index (χ0v) is 14.8. The van der Waals surface area contributed by atoms with Crippen LogP contribution in [0, 0.1) is 12.8 Å². The molecule has 1 aliphatic heterocycles. The first kappa shape index (κ1) is 16.1. The van der Waals surface area contributed by atoms with Gasteiger partial charge >= 0.3 is 6.03 Å². The van der Waals surface area contributed by atoms with E-state index in [0.717, 1.165) is 34.6 Å². The number of anilines is 1. The summed E-state index contributed by atoms with van der Waals surface area (Å²) < 4.78 is 0. The molecular formula is C18H20ClN5O. The molecule has 4 rings (SSSR count). The van der Waals surface area contributed by atoms with E-state index in [2.05, 4.69) is 15.3 Å². The fourth-order valence-corrected chi connectivity index (χ4v) is 3.43. The lowest BCUT2D eigenvalue weighted by atomic mass is 10.0. The Labute approximate surface area is 151 Å². The van der Waals surface area contributed by atoms with E-state index in [1.165, 1.54) is 12.8 Å². The van der Waals surface area contributed by atoms with E-state index < -0.39 is 0 Å². The fraction of sp³-hybridized carbons (Fsp3) is 0.389. The number of aromatic nitrogens is 2. The minimum absolute atomic E-state index is 0.0535. The van der Waals surface area contributed by atoms with Gasteiger partial charge in [-0.3, -0.25) is 0 Å². The van der Waals surface area contributed by atoms with Gasteiger partial charge in [-0.25, -0.2) is 14.8 Å². The van der Waals surface area contributed by atoms with Gasteiger partial charge in [-0.1, -0.05) is 17.7 Å². The first-order valence-corrected chi connectivity index (χ1v) is 8.83. The average Bonchev–Trinajstić information content (AvgIpc) is 3.29. The molecular weight excluding hydrogens is 338 g/mol. The number of benzene rings is 1. The largest absolute Gasteiger partial charge is 0.368 e. The molecule has 6 nitrogen and oxygen atoms in total. The van der Waals surface area contributed by atoms with Crippen LogP contribution in [0.1, 0.15) is 29.7 Å². The Morgan fingerprint density at radius 1 is 1.36 bits per heavy atom. The predicted molar refractivity (Wildman–Crippen MR) is 97.0 cm³/mol. The monoisotopic (exact) mass is 357 g/mol. The van der Waals surface area contributed by atoms with Crippen LogP contribution in [0.3, 0.4) is 0 Å². The number of rotatable bonds is 3. The second kappa shape index (κ2) is 6.19. The van der Waals surface area contributed by atoms with Crippen molar-refractivity contribution >= 4 is 23.6 Å². The highest BCUT2D eigenvalue weighted by Gasteiger charge is 2.30. The lowest BCUT2D eigenvalue weighted by molar-refractivity contribution is 0.198. The SMILES string of the molecule is Cc1cc(Cl)ccc1-c1nc(N)nc2c1CN(C(=O)NCC1CC1)C2. The maximum absolute atomic E-state index is 12.4. The molecule has 130 valence electrons. The van der Waals surface area contributed by atoms with Crippen molar-refractivity contribution in [2.75, 3.05) is 12.3 Å². The molecule has 0 bridgehead atoms. The highest BCUT2D eigenvalue weighted by Crippen LogP contribution is 2.34. The molecule has 7 heteroatoms. The second-order valence-electron chi connectivity index (χ2n) is 6.80. The lowest BCUT2D eigenvalue weighted by Gasteiger charge is -2.16. The van der Waals surface area contributed by atoms with Crippen LogP contribution in [0.25, 0.3) is 11.3 Å². The number of hydrogen-bond donors (Lipinski definition) is 2. The molecule has 1 aliphatic carbocycles. The Kier molecular flexibility index (Phi) is 4.00. The quantitative estimate of drug-likeness (QED) is 0.883. The third-order valence-electron chi connectivity index (χ3n) is 4.77. The van der Waals surface area contributed by atoms with Crippen molar-refractivity contribution in [1.29, 1.82) is 0 Å². The van der Waals surface area contributed by atoms with Crippen LogP contribution in [0.15, 0.2) is 18.2 Å². The van der Waals surface area contributed by atoms with Gasteiger partial charge in [0, 0.05) is 22.7 Å². The normalized spacial score (nSPS) is 16.0. The summed E-state index contributed by atoms with van der Waals surface area (Å²) in [5.74, 6) is 0.875. The fourth-order valence-electron chi connectivity index (χ4n) is 3.20. The Bertz CT molecular complexity index is 850. The Balaban J connectivity index is 1.63. The molecule has 2 aliphatic rings. The van der Waals surface area contributed by atoms with E-state index in [4.69, 9.17) is 17.3 Å². The Morgan fingerprint density at radius 3 is 2.88 bits per heavy atom. The summed E-state index contributed by atoms with van der Waals surface area (Å²) in [7, 11) is 0. The molecule has 1 saturated carbocycles. The predicted octanol–water partition coefficient (Wildman–Crippen LogP) is 3.12. The van der Waals surface area contributed by atoms with E-state index in [-0.39, 0.29) is 12.0 Å². The molecule has 0 saturated heterocycles. The third-order valence-corrected chi connectivity index (χ3v) is 5.00. The molecule has 25 heavy (non-hydrogen) atoms. The van der Waals surface area contributed by atoms with Crippen molar-refractivity contribution in [3.8, 4) is 11.3 Å². The number of carbonyl (C=O) groups excluding carboxylic acids is 1. The molecule has 0 atom stereocenters. The van der Waals surface area contributed by atoms with Gasteiger partial charge in [-0.2, -0.15) is 0 Å². The maximum Gasteiger partial charge on any atom is 0.318 e. The molecule has 1 fully saturated rings. The molecule has 0 spiro atoms. The Morgan fingerprint density at radius 2 is 2.16 bits per heavy atom. The highest BCUT2D eigenvalue weighted by molar-refractivity contribution is 6.30. The number of amides is 2. The van der Waals surface area contributed by atoms with E-state index >= 15 is 0 Å². The number of nitrogen functional groups attached to an aromatic ring is 1. The van der Waals surface area contributed by atoms with Crippen molar-refractivity contribution in [3.63, 3.8) is 0 Å². The Hall–Kier alpha value is -2.34. The van der Waals surface area contributed by atoms with Gasteiger partial charge < -0.3 is 16.0 Å². The van der Waals surface area contributed by atoms with Gasteiger partial charge in [-0.05, 0) is 43.4 Å². The standard InChI is InChI=1S/C18H20ClN5O/c1-10-6-12(19)4-5-13(10)16-14-8-24(9-15(14)22-17(20)23-16)18(25)21-7-11-2-3-11/h4-6,11H,2-3,7-9H2,1H3,(H,21,25)(H2,20,22,23). The number of hydrogen-bond acceptors (Lipinski definition) is 4. The zero-order valence-electron chi connectivity index (χ0n) is 14.1. The number of carbonyl (C=O) groups is 1. The van der Waals surface area contributed by atoms with Gasteiger partial charge in [-0.15, -0.1) is 0 Å². The van der Waals surface area contributed by atoms with Crippen molar-refractivity contribution in [2.24, 2.45) is 5.92 Å². The minimum Gasteiger partial charge on any atom is -0.368 e. The van der Waals surface area contributed by atoms with Crippen LogP contribution in [-0.4, -0.2) is 27.4 Å².